The van der Waals surface area contributed by atoms with Crippen molar-refractivity contribution in [1.29, 1.82) is 5.41 Å². The highest BCUT2D eigenvalue weighted by molar-refractivity contribution is 6.22. The molecule has 2 rings (SSSR count). The number of hydrogen-bond donors (Lipinski definition) is 3. The first-order chi connectivity index (χ1) is 8.58. The summed E-state index contributed by atoms with van der Waals surface area (Å²) in [5.41, 5.74) is 8.04. The van der Waals surface area contributed by atoms with Gasteiger partial charge in [0.2, 0.25) is 0 Å². The molecule has 0 bridgehead atoms. The lowest BCUT2D eigenvalue weighted by molar-refractivity contribution is 0.171. The first kappa shape index (κ1) is 11.8. The molecule has 6 heteroatoms. The van der Waals surface area contributed by atoms with Gasteiger partial charge in [-0.15, -0.1) is 10.2 Å². The highest BCUT2D eigenvalue weighted by Crippen LogP contribution is 2.08. The van der Waals surface area contributed by atoms with Crippen LogP contribution in [0.1, 0.15) is 6.92 Å². The van der Waals surface area contributed by atoms with Crippen molar-refractivity contribution in [2.45, 2.75) is 6.92 Å². The SMILES string of the molecule is CC1=CC(=N/N=c2\ccccn2O)C(N)=CC1=N. The van der Waals surface area contributed by atoms with Crippen molar-refractivity contribution in [1.82, 2.24) is 4.73 Å². The van der Waals surface area contributed by atoms with E-state index in [1.165, 1.54) is 12.3 Å². The van der Waals surface area contributed by atoms with Gasteiger partial charge in [0.1, 0.15) is 5.71 Å². The van der Waals surface area contributed by atoms with E-state index in [2.05, 4.69) is 10.2 Å². The Hall–Kier alpha value is -2.63. The van der Waals surface area contributed by atoms with Crippen LogP contribution in [0.3, 0.4) is 0 Å². The maximum absolute atomic E-state index is 9.46. The number of nitrogens with two attached hydrogens (primary N) is 1. The normalized spacial score (nSPS) is 18.8. The zero-order chi connectivity index (χ0) is 13.1. The fourth-order valence-electron chi connectivity index (χ4n) is 1.41. The number of nitrogens with zero attached hydrogens (tertiary/aromatic N) is 3. The van der Waals surface area contributed by atoms with Gasteiger partial charge in [0.15, 0.2) is 5.49 Å². The van der Waals surface area contributed by atoms with Crippen LogP contribution in [-0.4, -0.2) is 21.4 Å². The van der Waals surface area contributed by atoms with Gasteiger partial charge in [0.25, 0.3) is 0 Å². The summed E-state index contributed by atoms with van der Waals surface area (Å²) >= 11 is 0. The van der Waals surface area contributed by atoms with Crippen LogP contribution in [-0.2, 0) is 0 Å². The molecule has 0 saturated heterocycles. The maximum Gasteiger partial charge on any atom is 0.189 e. The number of hydrogen-bond acceptors (Lipinski definition) is 5. The molecule has 0 saturated carbocycles. The molecule has 0 fully saturated rings. The summed E-state index contributed by atoms with van der Waals surface area (Å²) in [6.07, 6.45) is 4.67. The highest BCUT2D eigenvalue weighted by atomic mass is 16.5. The minimum Gasteiger partial charge on any atom is -0.427 e. The predicted octanol–water partition coefficient (Wildman–Crippen LogP) is 0.804. The Morgan fingerprint density at radius 1 is 1.28 bits per heavy atom. The quantitative estimate of drug-likeness (QED) is 0.386. The van der Waals surface area contributed by atoms with Crippen LogP contribution in [0.2, 0.25) is 0 Å². The van der Waals surface area contributed by atoms with Crippen LogP contribution in [0, 0.1) is 5.41 Å². The zero-order valence-electron chi connectivity index (χ0n) is 9.83. The van der Waals surface area contributed by atoms with Crippen molar-refractivity contribution < 1.29 is 5.21 Å². The molecule has 0 aromatic carbocycles. The monoisotopic (exact) mass is 243 g/mol. The van der Waals surface area contributed by atoms with Gasteiger partial charge in [-0.25, -0.2) is 0 Å². The standard InChI is InChI=1S/C12H13N5O/c1-8-6-11(10(14)7-9(8)13)15-16-12-4-2-3-5-17(12)18/h2-7,13,18H,14H2,1H3/b13-9?,15-11?,16-12+. The molecule has 0 aliphatic heterocycles. The molecule has 0 atom stereocenters. The molecule has 18 heavy (non-hydrogen) atoms. The van der Waals surface area contributed by atoms with Crippen LogP contribution in [0.25, 0.3) is 0 Å². The molecule has 1 aromatic heterocycles. The summed E-state index contributed by atoms with van der Waals surface area (Å²) in [5, 5.41) is 24.9. The zero-order valence-corrected chi connectivity index (χ0v) is 9.83. The van der Waals surface area contributed by atoms with E-state index >= 15 is 0 Å². The third kappa shape index (κ3) is 2.37. The fraction of sp³-hybridized carbons (Fsp3) is 0.0833. The van der Waals surface area contributed by atoms with Crippen LogP contribution < -0.4 is 11.2 Å². The molecule has 4 N–H and O–H groups in total. The summed E-state index contributed by atoms with van der Waals surface area (Å²) in [5.74, 6) is 0. The smallest absolute Gasteiger partial charge is 0.189 e. The van der Waals surface area contributed by atoms with Crippen molar-refractivity contribution >= 4 is 11.4 Å². The third-order valence-electron chi connectivity index (χ3n) is 2.45. The molecule has 92 valence electrons. The van der Waals surface area contributed by atoms with Gasteiger partial charge in [-0.05, 0) is 36.8 Å². The Morgan fingerprint density at radius 3 is 2.78 bits per heavy atom. The minimum atomic E-state index is 0.296. The largest absolute Gasteiger partial charge is 0.427 e. The van der Waals surface area contributed by atoms with Crippen molar-refractivity contribution in [3.8, 4) is 0 Å². The number of aromatic nitrogens is 1. The predicted molar refractivity (Wildman–Crippen MR) is 68.4 cm³/mol. The van der Waals surface area contributed by atoms with Crippen LogP contribution in [0.15, 0.2) is 58.0 Å². The lowest BCUT2D eigenvalue weighted by Crippen LogP contribution is -2.19. The number of allylic oxidation sites excluding steroid dienone is 3. The molecule has 0 spiro atoms. The molecule has 1 aliphatic carbocycles. The van der Waals surface area contributed by atoms with E-state index in [0.717, 1.165) is 10.3 Å². The minimum absolute atomic E-state index is 0.296. The van der Waals surface area contributed by atoms with Crippen molar-refractivity contribution in [2.75, 3.05) is 0 Å². The first-order valence-corrected chi connectivity index (χ1v) is 5.31. The Labute approximate surface area is 104 Å². The second kappa shape index (κ2) is 4.70. The summed E-state index contributed by atoms with van der Waals surface area (Å²) in [6, 6.07) is 5.03. The molecular weight excluding hydrogens is 230 g/mol. The number of nitrogens with one attached hydrogen (secondary N) is 1. The Kier molecular flexibility index (Phi) is 3.09. The van der Waals surface area contributed by atoms with E-state index in [-0.39, 0.29) is 0 Å². The molecule has 6 nitrogen and oxygen atoms in total. The van der Waals surface area contributed by atoms with E-state index in [1.54, 1.807) is 31.2 Å². The van der Waals surface area contributed by atoms with Crippen molar-refractivity contribution in [3.63, 3.8) is 0 Å². The van der Waals surface area contributed by atoms with E-state index in [0.29, 0.717) is 22.6 Å². The maximum atomic E-state index is 9.46. The van der Waals surface area contributed by atoms with Crippen LogP contribution >= 0.6 is 0 Å². The van der Waals surface area contributed by atoms with Gasteiger partial charge in [-0.3, -0.25) is 0 Å². The van der Waals surface area contributed by atoms with E-state index in [4.69, 9.17) is 11.1 Å². The molecule has 1 aliphatic rings. The van der Waals surface area contributed by atoms with Gasteiger partial charge in [-0.2, -0.15) is 4.73 Å². The second-order valence-electron chi connectivity index (χ2n) is 3.83. The van der Waals surface area contributed by atoms with Crippen molar-refractivity contribution in [2.24, 2.45) is 15.9 Å². The Balaban J connectivity index is 2.42. The number of pyridine rings is 1. The first-order valence-electron chi connectivity index (χ1n) is 5.31. The van der Waals surface area contributed by atoms with Crippen LogP contribution in [0.4, 0.5) is 0 Å². The summed E-state index contributed by atoms with van der Waals surface area (Å²) < 4.78 is 0.866. The van der Waals surface area contributed by atoms with Gasteiger partial charge < -0.3 is 16.4 Å². The van der Waals surface area contributed by atoms with E-state index in [1.807, 2.05) is 0 Å². The van der Waals surface area contributed by atoms with Gasteiger partial charge in [0, 0.05) is 6.20 Å². The van der Waals surface area contributed by atoms with Crippen molar-refractivity contribution in [3.05, 3.63) is 53.3 Å². The van der Waals surface area contributed by atoms with Crippen LogP contribution in [0.5, 0.6) is 0 Å². The lowest BCUT2D eigenvalue weighted by atomic mass is 10.0. The third-order valence-corrected chi connectivity index (χ3v) is 2.45. The lowest BCUT2D eigenvalue weighted by Gasteiger charge is -2.09. The second-order valence-corrected chi connectivity index (χ2v) is 3.83. The molecule has 0 unspecified atom stereocenters. The summed E-state index contributed by atoms with van der Waals surface area (Å²) in [4.78, 5) is 0. The van der Waals surface area contributed by atoms with Gasteiger partial charge >= 0.3 is 0 Å². The molecule has 0 radical (unpaired) electrons. The Morgan fingerprint density at radius 2 is 2.06 bits per heavy atom. The molecule has 0 amide bonds. The van der Waals surface area contributed by atoms with E-state index in [9.17, 15) is 5.21 Å². The fourth-order valence-corrected chi connectivity index (χ4v) is 1.41. The molecular formula is C12H13N5O. The Bertz CT molecular complexity index is 648. The number of rotatable bonds is 1. The molecule has 1 heterocycles. The average Bonchev–Trinajstić information content (AvgIpc) is 2.34. The van der Waals surface area contributed by atoms with Gasteiger partial charge in [-0.1, -0.05) is 6.07 Å². The average molecular weight is 243 g/mol. The highest BCUT2D eigenvalue weighted by Gasteiger charge is 2.10. The summed E-state index contributed by atoms with van der Waals surface area (Å²) in [7, 11) is 0. The summed E-state index contributed by atoms with van der Waals surface area (Å²) in [6.45, 7) is 1.80. The van der Waals surface area contributed by atoms with Gasteiger partial charge in [0.05, 0.1) is 11.4 Å². The molecule has 1 aromatic rings. The topological polar surface area (TPSA) is 99.8 Å². The van der Waals surface area contributed by atoms with E-state index < -0.39 is 0 Å².